The summed E-state index contributed by atoms with van der Waals surface area (Å²) >= 11 is 0. The van der Waals surface area contributed by atoms with E-state index in [0.29, 0.717) is 10.2 Å². The van der Waals surface area contributed by atoms with Crippen LogP contribution in [0.1, 0.15) is 11.3 Å². The Bertz CT molecular complexity index is 587. The first-order valence-corrected chi connectivity index (χ1v) is 4.27. The lowest BCUT2D eigenvalue weighted by molar-refractivity contribution is -0.581. The lowest BCUT2D eigenvalue weighted by Gasteiger charge is -2.04. The molecule has 0 amide bonds. The van der Waals surface area contributed by atoms with Crippen LogP contribution in [0.15, 0.2) is 18.2 Å². The average Bonchev–Trinajstić information content (AvgIpc) is 2.20. The van der Waals surface area contributed by atoms with E-state index < -0.39 is 5.88 Å². The molecule has 0 aliphatic carbocycles. The highest BCUT2D eigenvalue weighted by molar-refractivity contribution is 5.75. The summed E-state index contributed by atoms with van der Waals surface area (Å²) in [6.45, 7) is 1.78. The molecular weight excluding hydrogens is 194 g/mol. The third kappa shape index (κ3) is 1.23. The maximum atomic E-state index is 11.6. The fourth-order valence-corrected chi connectivity index (χ4v) is 1.42. The van der Waals surface area contributed by atoms with E-state index in [4.69, 9.17) is 5.26 Å². The number of rotatable bonds is 0. The number of benzene rings is 1. The molecule has 0 saturated carbocycles. The zero-order chi connectivity index (χ0) is 11.0. The number of nitriles is 1. The second kappa shape index (κ2) is 3.10. The van der Waals surface area contributed by atoms with Gasteiger partial charge in [0.1, 0.15) is 5.52 Å². The van der Waals surface area contributed by atoms with E-state index in [1.807, 2.05) is 0 Å². The Morgan fingerprint density at radius 3 is 2.93 bits per heavy atom. The predicted octanol–water partition coefficient (Wildman–Crippen LogP) is 0.754. The molecule has 0 atom stereocenters. The number of aryl methyl sites for hydroxylation is 1. The van der Waals surface area contributed by atoms with Gasteiger partial charge >= 0.3 is 5.69 Å². The van der Waals surface area contributed by atoms with Crippen LogP contribution < -0.4 is 4.73 Å². The molecule has 74 valence electrons. The first kappa shape index (κ1) is 9.21. The van der Waals surface area contributed by atoms with Gasteiger partial charge in [-0.1, -0.05) is 12.1 Å². The molecule has 1 heterocycles. The third-order valence-corrected chi connectivity index (χ3v) is 2.17. The van der Waals surface area contributed by atoms with E-state index in [0.717, 1.165) is 5.56 Å². The lowest BCUT2D eigenvalue weighted by atomic mass is 10.2. The number of hydrogen-bond acceptors (Lipinski definition) is 4. The van der Waals surface area contributed by atoms with Crippen molar-refractivity contribution in [2.75, 3.05) is 0 Å². The van der Waals surface area contributed by atoms with Gasteiger partial charge in [-0.2, -0.15) is 5.26 Å². The first-order chi connectivity index (χ1) is 7.15. The van der Waals surface area contributed by atoms with Gasteiger partial charge in [0.15, 0.2) is 6.07 Å². The predicted molar refractivity (Wildman–Crippen MR) is 51.8 cm³/mol. The molecule has 0 fully saturated rings. The van der Waals surface area contributed by atoms with Gasteiger partial charge in [0.25, 0.3) is 5.88 Å². The maximum absolute atomic E-state index is 11.6. The van der Waals surface area contributed by atoms with Crippen LogP contribution in [0.2, 0.25) is 0 Å². The number of fused-ring (bicyclic) bond motifs is 1. The molecule has 0 aliphatic rings. The molecule has 1 aromatic heterocycles. The summed E-state index contributed by atoms with van der Waals surface area (Å²) in [5.41, 5.74) is 1.08. The summed E-state index contributed by atoms with van der Waals surface area (Å²) in [6, 6.07) is 6.65. The molecule has 0 spiro atoms. The van der Waals surface area contributed by atoms with Crippen LogP contribution >= 0.6 is 0 Å². The minimum absolute atomic E-state index is 0.282. The van der Waals surface area contributed by atoms with Crippen molar-refractivity contribution in [3.05, 3.63) is 34.7 Å². The smallest absolute Gasteiger partial charge is 0.357 e. The third-order valence-electron chi connectivity index (χ3n) is 2.17. The highest BCUT2D eigenvalue weighted by Gasteiger charge is 2.18. The first-order valence-electron chi connectivity index (χ1n) is 4.27. The Morgan fingerprint density at radius 1 is 1.53 bits per heavy atom. The molecule has 1 aromatic carbocycles. The van der Waals surface area contributed by atoms with Gasteiger partial charge in [-0.25, -0.2) is 4.98 Å². The fraction of sp³-hybridized carbons (Fsp3) is 0.100. The molecular formula is C10H7N3O2. The van der Waals surface area contributed by atoms with E-state index in [-0.39, 0.29) is 11.2 Å². The number of nitrogens with zero attached hydrogens (tertiary/aromatic N) is 3. The van der Waals surface area contributed by atoms with Crippen molar-refractivity contribution < 1.29 is 9.84 Å². The molecule has 2 rings (SSSR count). The van der Waals surface area contributed by atoms with Crippen LogP contribution in [-0.4, -0.2) is 10.1 Å². The Kier molecular flexibility index (Phi) is 1.90. The molecule has 0 unspecified atom stereocenters. The van der Waals surface area contributed by atoms with E-state index in [9.17, 15) is 10.3 Å². The van der Waals surface area contributed by atoms with Crippen LogP contribution in [0.4, 0.5) is 0 Å². The Labute approximate surface area is 85.4 Å². The van der Waals surface area contributed by atoms with Crippen LogP contribution in [-0.2, 0) is 0 Å². The van der Waals surface area contributed by atoms with Crippen molar-refractivity contribution in [2.45, 2.75) is 6.92 Å². The molecule has 0 radical (unpaired) electrons. The summed E-state index contributed by atoms with van der Waals surface area (Å²) in [5, 5.41) is 29.6. The zero-order valence-electron chi connectivity index (χ0n) is 7.93. The van der Waals surface area contributed by atoms with Gasteiger partial charge in [-0.15, -0.1) is 4.73 Å². The van der Waals surface area contributed by atoms with Crippen molar-refractivity contribution in [3.8, 4) is 11.9 Å². The largest absolute Gasteiger partial charge is 0.617 e. The van der Waals surface area contributed by atoms with Crippen molar-refractivity contribution in [2.24, 2.45) is 0 Å². The quantitative estimate of drug-likeness (QED) is 0.503. The van der Waals surface area contributed by atoms with E-state index >= 15 is 0 Å². The number of para-hydroxylation sites is 1. The summed E-state index contributed by atoms with van der Waals surface area (Å²) in [6.07, 6.45) is 0. The van der Waals surface area contributed by atoms with E-state index in [1.54, 1.807) is 31.2 Å². The van der Waals surface area contributed by atoms with E-state index in [2.05, 4.69) is 4.98 Å². The minimum Gasteiger partial charge on any atom is -0.617 e. The number of hydrogen-bond donors (Lipinski definition) is 1. The van der Waals surface area contributed by atoms with Gasteiger partial charge in [-0.3, -0.25) is 0 Å². The van der Waals surface area contributed by atoms with Crippen LogP contribution in [0.5, 0.6) is 5.88 Å². The SMILES string of the molecule is Cc1cccc2c1nc(O)c(C#N)[n+]2[O-]. The lowest BCUT2D eigenvalue weighted by Crippen LogP contribution is -2.32. The molecule has 0 saturated heterocycles. The van der Waals surface area contributed by atoms with Gasteiger partial charge in [0.05, 0.1) is 0 Å². The van der Waals surface area contributed by atoms with Gasteiger partial charge < -0.3 is 10.3 Å². The molecule has 15 heavy (non-hydrogen) atoms. The molecule has 5 nitrogen and oxygen atoms in total. The molecule has 2 aromatic rings. The van der Waals surface area contributed by atoms with Gasteiger partial charge in [0, 0.05) is 6.07 Å². The topological polar surface area (TPSA) is 83.9 Å². The Morgan fingerprint density at radius 2 is 2.27 bits per heavy atom. The van der Waals surface area contributed by atoms with E-state index in [1.165, 1.54) is 0 Å². The maximum Gasteiger partial charge on any atom is 0.357 e. The van der Waals surface area contributed by atoms with Crippen LogP contribution in [0, 0.1) is 23.5 Å². The second-order valence-electron chi connectivity index (χ2n) is 3.13. The summed E-state index contributed by atoms with van der Waals surface area (Å²) in [4.78, 5) is 3.82. The Balaban J connectivity index is 2.99. The normalized spacial score (nSPS) is 10.1. The number of aromatic nitrogens is 2. The standard InChI is InChI=1S/C10H7N3O2/c1-6-3-2-4-7-9(6)12-10(14)8(5-11)13(7)15/h2-4H,1H3,(H,12,14). The monoisotopic (exact) mass is 201 g/mol. The van der Waals surface area contributed by atoms with Crippen LogP contribution in [0.25, 0.3) is 11.0 Å². The summed E-state index contributed by atoms with van der Waals surface area (Å²) < 4.78 is 0.394. The molecule has 1 N–H and O–H groups in total. The van der Waals surface area contributed by atoms with Crippen molar-refractivity contribution in [1.82, 2.24) is 4.98 Å². The average molecular weight is 201 g/mol. The van der Waals surface area contributed by atoms with Crippen molar-refractivity contribution >= 4 is 11.0 Å². The highest BCUT2D eigenvalue weighted by Crippen LogP contribution is 2.17. The summed E-state index contributed by atoms with van der Waals surface area (Å²) in [7, 11) is 0. The number of aromatic hydroxyl groups is 1. The fourth-order valence-electron chi connectivity index (χ4n) is 1.42. The molecule has 0 bridgehead atoms. The minimum atomic E-state index is -0.533. The van der Waals surface area contributed by atoms with Crippen molar-refractivity contribution in [1.29, 1.82) is 5.26 Å². The summed E-state index contributed by atoms with van der Waals surface area (Å²) in [5.74, 6) is -0.533. The Hall–Kier alpha value is -2.35. The van der Waals surface area contributed by atoms with Crippen LogP contribution in [0.3, 0.4) is 0 Å². The zero-order valence-corrected chi connectivity index (χ0v) is 7.93. The highest BCUT2D eigenvalue weighted by atomic mass is 16.5. The second-order valence-corrected chi connectivity index (χ2v) is 3.13. The molecule has 0 aliphatic heterocycles. The van der Waals surface area contributed by atoms with Gasteiger partial charge in [-0.05, 0) is 12.5 Å². The van der Waals surface area contributed by atoms with Gasteiger partial charge in [0.2, 0.25) is 5.52 Å². The molecule has 5 heteroatoms. The van der Waals surface area contributed by atoms with Crippen molar-refractivity contribution in [3.63, 3.8) is 0 Å².